The molecule has 0 radical (unpaired) electrons. The highest BCUT2D eigenvalue weighted by Crippen LogP contribution is 2.61. The van der Waals surface area contributed by atoms with E-state index in [1.54, 1.807) is 0 Å². The molecule has 0 aromatic carbocycles. The third-order valence-electron chi connectivity index (χ3n) is 1.87. The number of hydrogen-bond donors (Lipinski definition) is 0. The molecule has 22 heavy (non-hydrogen) atoms. The summed E-state index contributed by atoms with van der Waals surface area (Å²) in [4.78, 5) is 23.0. The molecule has 0 spiro atoms. The van der Waals surface area contributed by atoms with Crippen LogP contribution in [0.3, 0.4) is 0 Å². The van der Waals surface area contributed by atoms with Gasteiger partial charge in [0.25, 0.3) is 11.4 Å². The third kappa shape index (κ3) is 9.17. The Morgan fingerprint density at radius 2 is 1.05 bits per heavy atom. The molecule has 0 aliphatic heterocycles. The standard InChI is InChI=1S/C8H16O8P2S4/c1-11-17(19,12-2)21-15-7(9)5-6-8(10)16-22-18(20,13-3)14-4/h5-6H2,1-4H3. The molecule has 0 heterocycles. The smallest absolute Gasteiger partial charge is 0.318 e. The predicted molar refractivity (Wildman–Crippen MR) is 93.2 cm³/mol. The van der Waals surface area contributed by atoms with Crippen molar-refractivity contribution in [3.63, 3.8) is 0 Å². The maximum absolute atomic E-state index is 11.5. The minimum atomic E-state index is -2.68. The van der Waals surface area contributed by atoms with Crippen LogP contribution in [-0.4, -0.2) is 40.4 Å². The molecule has 0 rings (SSSR count). The van der Waals surface area contributed by atoms with Crippen LogP contribution in [-0.2, 0) is 59.7 Å². The van der Waals surface area contributed by atoms with Crippen LogP contribution in [0.2, 0.25) is 0 Å². The second-order valence-electron chi connectivity index (χ2n) is 3.18. The van der Waals surface area contributed by atoms with Crippen LogP contribution in [0.25, 0.3) is 0 Å². The van der Waals surface area contributed by atoms with Crippen LogP contribution in [0.1, 0.15) is 12.8 Å². The molecule has 0 aromatic heterocycles. The molecular formula is C8H16O8P2S4. The van der Waals surface area contributed by atoms with Gasteiger partial charge in [-0.1, -0.05) is 0 Å². The van der Waals surface area contributed by atoms with Crippen molar-refractivity contribution in [3.05, 3.63) is 0 Å². The van der Waals surface area contributed by atoms with Gasteiger partial charge in [-0.15, -0.1) is 0 Å². The van der Waals surface area contributed by atoms with Crippen molar-refractivity contribution in [3.8, 4) is 0 Å². The lowest BCUT2D eigenvalue weighted by atomic mass is 10.3. The minimum Gasteiger partial charge on any atom is -0.381 e. The maximum atomic E-state index is 11.5. The third-order valence-corrected chi connectivity index (χ3v) is 10.8. The van der Waals surface area contributed by atoms with Gasteiger partial charge < -0.3 is 26.5 Å². The van der Waals surface area contributed by atoms with Gasteiger partial charge in [0.05, 0.1) is 12.8 Å². The van der Waals surface area contributed by atoms with E-state index in [1.165, 1.54) is 28.4 Å². The predicted octanol–water partition coefficient (Wildman–Crippen LogP) is 3.18. The summed E-state index contributed by atoms with van der Waals surface area (Å²) in [5, 5.41) is 0. The highest BCUT2D eigenvalue weighted by atomic mass is 32.9. The topological polar surface area (TPSA) is 89.5 Å². The van der Waals surface area contributed by atoms with E-state index in [0.29, 0.717) is 23.3 Å². The SMILES string of the molecule is COP(=S)(OC)SOC(=O)CCC(=O)OSP(=S)(OC)OC. The van der Waals surface area contributed by atoms with Gasteiger partial charge in [0.2, 0.25) is 0 Å². The van der Waals surface area contributed by atoms with Gasteiger partial charge in [-0.05, 0) is 23.6 Å². The molecule has 0 saturated heterocycles. The van der Waals surface area contributed by atoms with Gasteiger partial charge in [0.1, 0.15) is 0 Å². The Labute approximate surface area is 147 Å². The molecule has 0 N–H and O–H groups in total. The summed E-state index contributed by atoms with van der Waals surface area (Å²) in [6.07, 6.45) is -0.365. The van der Waals surface area contributed by atoms with Crippen LogP contribution in [0.5, 0.6) is 0 Å². The van der Waals surface area contributed by atoms with Crippen molar-refractivity contribution in [2.24, 2.45) is 0 Å². The first-order valence-electron chi connectivity index (χ1n) is 5.45. The Morgan fingerprint density at radius 1 is 0.773 bits per heavy atom. The zero-order chi connectivity index (χ0) is 17.2. The highest BCUT2D eigenvalue weighted by Gasteiger charge is 2.23. The Kier molecular flexibility index (Phi) is 11.8. The second-order valence-corrected chi connectivity index (χ2v) is 15.1. The zero-order valence-corrected chi connectivity index (χ0v) is 17.3. The maximum Gasteiger partial charge on any atom is 0.318 e. The zero-order valence-electron chi connectivity index (χ0n) is 12.2. The van der Waals surface area contributed by atoms with Crippen LogP contribution in [0, 0.1) is 0 Å². The molecule has 8 nitrogen and oxygen atoms in total. The molecule has 0 aromatic rings. The van der Waals surface area contributed by atoms with Gasteiger partial charge in [0.15, 0.2) is 23.3 Å². The molecule has 0 unspecified atom stereocenters. The lowest BCUT2D eigenvalue weighted by Gasteiger charge is -2.15. The average Bonchev–Trinajstić information content (AvgIpc) is 2.55. The van der Waals surface area contributed by atoms with E-state index in [-0.39, 0.29) is 12.8 Å². The quantitative estimate of drug-likeness (QED) is 0.356. The van der Waals surface area contributed by atoms with Crippen LogP contribution in [0.4, 0.5) is 0 Å². The van der Waals surface area contributed by atoms with E-state index in [2.05, 4.69) is 0 Å². The molecule has 0 aliphatic carbocycles. The van der Waals surface area contributed by atoms with Gasteiger partial charge in [-0.25, -0.2) is 0 Å². The van der Waals surface area contributed by atoms with Crippen molar-refractivity contribution < 1.29 is 36.1 Å². The van der Waals surface area contributed by atoms with Gasteiger partial charge in [-0.2, -0.15) is 0 Å². The van der Waals surface area contributed by atoms with E-state index >= 15 is 0 Å². The average molecular weight is 430 g/mol. The van der Waals surface area contributed by atoms with Crippen molar-refractivity contribution in [1.29, 1.82) is 0 Å². The molecule has 0 atom stereocenters. The molecule has 0 aliphatic rings. The summed E-state index contributed by atoms with van der Waals surface area (Å²) in [6, 6.07) is 0. The van der Waals surface area contributed by atoms with E-state index < -0.39 is 23.3 Å². The molecule has 0 amide bonds. The van der Waals surface area contributed by atoms with E-state index in [9.17, 15) is 9.59 Å². The van der Waals surface area contributed by atoms with Crippen molar-refractivity contribution in [2.45, 2.75) is 12.8 Å². The Balaban J connectivity index is 4.08. The van der Waals surface area contributed by atoms with Crippen molar-refractivity contribution in [1.82, 2.24) is 0 Å². The Bertz CT molecular complexity index is 415. The summed E-state index contributed by atoms with van der Waals surface area (Å²) < 4.78 is 29.3. The van der Waals surface area contributed by atoms with Gasteiger partial charge in [0, 0.05) is 28.4 Å². The highest BCUT2D eigenvalue weighted by molar-refractivity contribution is 8.66. The van der Waals surface area contributed by atoms with Crippen LogP contribution < -0.4 is 0 Å². The van der Waals surface area contributed by atoms with Gasteiger partial charge >= 0.3 is 11.9 Å². The first-order valence-corrected chi connectivity index (χ1v) is 13.4. The first kappa shape index (κ1) is 22.8. The minimum absolute atomic E-state index is 0.183. The lowest BCUT2D eigenvalue weighted by Crippen LogP contribution is -2.05. The molecule has 14 heteroatoms. The monoisotopic (exact) mass is 430 g/mol. The van der Waals surface area contributed by atoms with Crippen LogP contribution in [0.15, 0.2) is 0 Å². The summed E-state index contributed by atoms with van der Waals surface area (Å²) in [6.45, 7) is 0. The summed E-state index contributed by atoms with van der Waals surface area (Å²) >= 11 is 11.2. The number of rotatable bonds is 11. The fraction of sp³-hybridized carbons (Fsp3) is 0.750. The van der Waals surface area contributed by atoms with Crippen molar-refractivity contribution in [2.75, 3.05) is 28.4 Å². The number of carbonyl (C=O) groups is 2. The van der Waals surface area contributed by atoms with E-state index in [1.807, 2.05) is 0 Å². The summed E-state index contributed by atoms with van der Waals surface area (Å²) in [5.74, 6) is -1.29. The molecule has 0 saturated carbocycles. The fourth-order valence-electron chi connectivity index (χ4n) is 0.733. The second kappa shape index (κ2) is 11.4. The first-order chi connectivity index (χ1) is 10.2. The molecular weight excluding hydrogens is 414 g/mol. The largest absolute Gasteiger partial charge is 0.381 e. The van der Waals surface area contributed by atoms with Crippen LogP contribution >= 0.6 is 34.7 Å². The molecule has 130 valence electrons. The fourth-order valence-corrected chi connectivity index (χ4v) is 4.11. The van der Waals surface area contributed by atoms with E-state index in [4.69, 9.17) is 50.1 Å². The summed E-state index contributed by atoms with van der Waals surface area (Å²) in [5.41, 5.74) is -5.36. The summed E-state index contributed by atoms with van der Waals surface area (Å²) in [7, 11) is 5.43. The Hall–Kier alpha value is 0.780. The number of hydrogen-bond acceptors (Lipinski definition) is 12. The Morgan fingerprint density at radius 3 is 1.27 bits per heavy atom. The normalized spacial score (nSPS) is 12.0. The van der Waals surface area contributed by atoms with E-state index in [0.717, 1.165) is 0 Å². The van der Waals surface area contributed by atoms with Crippen molar-refractivity contribution >= 4 is 70.3 Å². The molecule has 0 bridgehead atoms. The number of carbonyl (C=O) groups excluding carboxylic acids is 2. The molecule has 0 fully saturated rings. The van der Waals surface area contributed by atoms with Gasteiger partial charge in [-0.3, -0.25) is 9.59 Å². The lowest BCUT2D eigenvalue weighted by molar-refractivity contribution is -0.139.